The summed E-state index contributed by atoms with van der Waals surface area (Å²) in [6.07, 6.45) is 0. The number of hydrogen-bond donors (Lipinski definition) is 1. The summed E-state index contributed by atoms with van der Waals surface area (Å²) in [6, 6.07) is 10.2. The van der Waals surface area contributed by atoms with Crippen molar-refractivity contribution in [3.8, 4) is 23.0 Å². The van der Waals surface area contributed by atoms with Gasteiger partial charge in [0.15, 0.2) is 11.5 Å². The van der Waals surface area contributed by atoms with Gasteiger partial charge in [0.1, 0.15) is 31.3 Å². The molecule has 1 aliphatic rings. The maximum atomic E-state index is 12.5. The quantitative estimate of drug-likeness (QED) is 0.821. The van der Waals surface area contributed by atoms with Crippen LogP contribution in [0.3, 0.4) is 0 Å². The predicted molar refractivity (Wildman–Crippen MR) is 104 cm³/mol. The number of ether oxygens (including phenoxy) is 4. The van der Waals surface area contributed by atoms with Crippen molar-refractivity contribution >= 4 is 23.2 Å². The van der Waals surface area contributed by atoms with Gasteiger partial charge in [-0.1, -0.05) is 0 Å². The summed E-state index contributed by atoms with van der Waals surface area (Å²) in [5.74, 6) is 1.58. The predicted octanol–water partition coefficient (Wildman–Crippen LogP) is 2.47. The molecule has 2 amide bonds. The first-order chi connectivity index (χ1) is 13.5. The number of anilines is 2. The van der Waals surface area contributed by atoms with Crippen molar-refractivity contribution in [2.45, 2.75) is 6.92 Å². The molecule has 28 heavy (non-hydrogen) atoms. The summed E-state index contributed by atoms with van der Waals surface area (Å²) < 4.78 is 21.5. The molecule has 0 atom stereocenters. The second-order valence-corrected chi connectivity index (χ2v) is 6.05. The highest BCUT2D eigenvalue weighted by atomic mass is 16.6. The van der Waals surface area contributed by atoms with Crippen molar-refractivity contribution in [1.29, 1.82) is 0 Å². The van der Waals surface area contributed by atoms with E-state index in [0.29, 0.717) is 47.6 Å². The second-order valence-electron chi connectivity index (χ2n) is 6.05. The van der Waals surface area contributed by atoms with E-state index in [2.05, 4.69) is 5.32 Å². The molecule has 0 aliphatic carbocycles. The number of carbonyl (C=O) groups excluding carboxylic acids is 2. The summed E-state index contributed by atoms with van der Waals surface area (Å²) >= 11 is 0. The highest BCUT2D eigenvalue weighted by Crippen LogP contribution is 2.34. The van der Waals surface area contributed by atoms with Crippen molar-refractivity contribution in [3.05, 3.63) is 36.4 Å². The van der Waals surface area contributed by atoms with E-state index in [1.165, 1.54) is 26.0 Å². The number of hydrogen-bond acceptors (Lipinski definition) is 6. The van der Waals surface area contributed by atoms with E-state index < -0.39 is 0 Å². The van der Waals surface area contributed by atoms with Crippen LogP contribution in [0.1, 0.15) is 6.92 Å². The molecule has 0 aromatic heterocycles. The zero-order chi connectivity index (χ0) is 20.1. The van der Waals surface area contributed by atoms with Crippen LogP contribution in [0, 0.1) is 0 Å². The van der Waals surface area contributed by atoms with Crippen LogP contribution in [0.2, 0.25) is 0 Å². The molecular formula is C20H22N2O6. The zero-order valence-corrected chi connectivity index (χ0v) is 16.0. The molecule has 0 bridgehead atoms. The minimum Gasteiger partial charge on any atom is -0.497 e. The number of nitrogens with zero attached hydrogens (tertiary/aromatic N) is 1. The molecule has 0 fully saturated rings. The van der Waals surface area contributed by atoms with Crippen molar-refractivity contribution in [3.63, 3.8) is 0 Å². The van der Waals surface area contributed by atoms with Gasteiger partial charge in [-0.3, -0.25) is 14.5 Å². The molecule has 0 saturated carbocycles. The van der Waals surface area contributed by atoms with Crippen LogP contribution in [0.25, 0.3) is 0 Å². The van der Waals surface area contributed by atoms with E-state index in [1.807, 2.05) is 0 Å². The van der Waals surface area contributed by atoms with Gasteiger partial charge in [0.25, 0.3) is 0 Å². The smallest absolute Gasteiger partial charge is 0.244 e. The number of carbonyl (C=O) groups is 2. The monoisotopic (exact) mass is 386 g/mol. The van der Waals surface area contributed by atoms with Crippen molar-refractivity contribution in [2.75, 3.05) is 44.2 Å². The van der Waals surface area contributed by atoms with E-state index in [1.54, 1.807) is 36.4 Å². The fourth-order valence-electron chi connectivity index (χ4n) is 2.84. The normalized spacial score (nSPS) is 12.1. The van der Waals surface area contributed by atoms with E-state index in [4.69, 9.17) is 18.9 Å². The molecule has 0 radical (unpaired) electrons. The van der Waals surface area contributed by atoms with Gasteiger partial charge in [0.2, 0.25) is 11.8 Å². The minimum atomic E-state index is -0.357. The molecule has 8 heteroatoms. The molecule has 0 saturated heterocycles. The van der Waals surface area contributed by atoms with Crippen LogP contribution in [0.15, 0.2) is 36.4 Å². The molecule has 148 valence electrons. The average molecular weight is 386 g/mol. The lowest BCUT2D eigenvalue weighted by Gasteiger charge is -2.23. The maximum Gasteiger partial charge on any atom is 0.244 e. The van der Waals surface area contributed by atoms with Crippen LogP contribution in [-0.2, 0) is 9.59 Å². The first-order valence-corrected chi connectivity index (χ1v) is 8.71. The SMILES string of the molecule is COc1ccc(N(CC(=O)Nc2ccc3c(c2)OCCO3)C(C)=O)c(OC)c1. The maximum absolute atomic E-state index is 12.5. The third kappa shape index (κ3) is 4.28. The van der Waals surface area contributed by atoms with E-state index in [9.17, 15) is 9.59 Å². The molecule has 0 spiro atoms. The first-order valence-electron chi connectivity index (χ1n) is 8.71. The Balaban J connectivity index is 1.76. The molecule has 1 heterocycles. The number of amides is 2. The third-order valence-corrected chi connectivity index (χ3v) is 4.19. The molecule has 1 N–H and O–H groups in total. The van der Waals surface area contributed by atoms with Crippen molar-refractivity contribution in [2.24, 2.45) is 0 Å². The highest BCUT2D eigenvalue weighted by molar-refractivity contribution is 6.02. The molecule has 1 aliphatic heterocycles. The molecular weight excluding hydrogens is 364 g/mol. The summed E-state index contributed by atoms with van der Waals surface area (Å²) in [5.41, 5.74) is 1.03. The number of benzene rings is 2. The Morgan fingerprint density at radius 1 is 1.04 bits per heavy atom. The van der Waals surface area contributed by atoms with Gasteiger partial charge in [0, 0.05) is 24.7 Å². The Labute approximate surface area is 162 Å². The first kappa shape index (κ1) is 19.3. The van der Waals surface area contributed by atoms with Gasteiger partial charge in [-0.15, -0.1) is 0 Å². The lowest BCUT2D eigenvalue weighted by Crippen LogP contribution is -2.37. The van der Waals surface area contributed by atoms with Gasteiger partial charge >= 0.3 is 0 Å². The number of methoxy groups -OCH3 is 2. The van der Waals surface area contributed by atoms with Gasteiger partial charge in [0.05, 0.1) is 19.9 Å². The van der Waals surface area contributed by atoms with E-state index in [-0.39, 0.29) is 18.4 Å². The Kier molecular flexibility index (Phi) is 5.88. The van der Waals surface area contributed by atoms with Gasteiger partial charge in [-0.05, 0) is 24.3 Å². The Morgan fingerprint density at radius 2 is 1.79 bits per heavy atom. The molecule has 2 aromatic rings. The van der Waals surface area contributed by atoms with Crippen LogP contribution >= 0.6 is 0 Å². The number of rotatable bonds is 6. The fourth-order valence-corrected chi connectivity index (χ4v) is 2.84. The van der Waals surface area contributed by atoms with Gasteiger partial charge < -0.3 is 24.3 Å². The van der Waals surface area contributed by atoms with Crippen LogP contribution in [0.5, 0.6) is 23.0 Å². The van der Waals surface area contributed by atoms with E-state index >= 15 is 0 Å². The van der Waals surface area contributed by atoms with Gasteiger partial charge in [-0.2, -0.15) is 0 Å². The molecule has 3 rings (SSSR count). The lowest BCUT2D eigenvalue weighted by molar-refractivity contribution is -0.120. The average Bonchev–Trinajstić information content (AvgIpc) is 2.71. The highest BCUT2D eigenvalue weighted by Gasteiger charge is 2.21. The topological polar surface area (TPSA) is 86.3 Å². The van der Waals surface area contributed by atoms with Gasteiger partial charge in [-0.25, -0.2) is 0 Å². The van der Waals surface area contributed by atoms with Crippen LogP contribution in [-0.4, -0.2) is 45.8 Å². The van der Waals surface area contributed by atoms with E-state index in [0.717, 1.165) is 0 Å². The molecule has 0 unspecified atom stereocenters. The fraction of sp³-hybridized carbons (Fsp3) is 0.300. The lowest BCUT2D eigenvalue weighted by atomic mass is 10.2. The van der Waals surface area contributed by atoms with Crippen molar-refractivity contribution < 1.29 is 28.5 Å². The Bertz CT molecular complexity index is 883. The second kappa shape index (κ2) is 8.51. The largest absolute Gasteiger partial charge is 0.497 e. The summed E-state index contributed by atoms with van der Waals surface area (Å²) in [5, 5.41) is 2.77. The van der Waals surface area contributed by atoms with Crippen molar-refractivity contribution in [1.82, 2.24) is 0 Å². The third-order valence-electron chi connectivity index (χ3n) is 4.19. The van der Waals surface area contributed by atoms with Crippen LogP contribution in [0.4, 0.5) is 11.4 Å². The van der Waals surface area contributed by atoms with Crippen LogP contribution < -0.4 is 29.2 Å². The number of nitrogens with one attached hydrogen (secondary N) is 1. The number of fused-ring (bicyclic) bond motifs is 1. The Hall–Kier alpha value is -3.42. The summed E-state index contributed by atoms with van der Waals surface area (Å²) in [6.45, 7) is 2.17. The zero-order valence-electron chi connectivity index (χ0n) is 16.0. The summed E-state index contributed by atoms with van der Waals surface area (Å²) in [7, 11) is 3.03. The standard InChI is InChI=1S/C20H22N2O6/c1-13(23)22(16-6-5-15(25-2)11-18(16)26-3)12-20(24)21-14-4-7-17-19(10-14)28-9-8-27-17/h4-7,10-11H,8-9,12H2,1-3H3,(H,21,24). The summed E-state index contributed by atoms with van der Waals surface area (Å²) in [4.78, 5) is 26.1. The Morgan fingerprint density at radius 3 is 2.46 bits per heavy atom. The minimum absolute atomic E-state index is 0.174. The molecule has 8 nitrogen and oxygen atoms in total. The molecule has 2 aromatic carbocycles.